The van der Waals surface area contributed by atoms with Crippen LogP contribution in [-0.2, 0) is 11.3 Å². The highest BCUT2D eigenvalue weighted by Gasteiger charge is 2.23. The van der Waals surface area contributed by atoms with Crippen LogP contribution in [0.25, 0.3) is 0 Å². The molecule has 3 aromatic rings. The Balaban J connectivity index is 1.13. The van der Waals surface area contributed by atoms with Crippen LogP contribution >= 0.6 is 0 Å². The van der Waals surface area contributed by atoms with Gasteiger partial charge in [-0.15, -0.1) is 0 Å². The average Bonchev–Trinajstić information content (AvgIpc) is 3.38. The van der Waals surface area contributed by atoms with Gasteiger partial charge in [-0.2, -0.15) is 0 Å². The van der Waals surface area contributed by atoms with Gasteiger partial charge in [0, 0.05) is 63.8 Å². The molecular weight excluding hydrogens is 460 g/mol. The van der Waals surface area contributed by atoms with E-state index in [4.69, 9.17) is 18.9 Å². The summed E-state index contributed by atoms with van der Waals surface area (Å²) in [5.74, 6) is 3.34. The van der Waals surface area contributed by atoms with Gasteiger partial charge in [0.1, 0.15) is 0 Å². The topological polar surface area (TPSA) is 76.6 Å². The highest BCUT2D eigenvalue weighted by Crippen LogP contribution is 2.34. The first kappa shape index (κ1) is 23.7. The quantitative estimate of drug-likeness (QED) is 0.476. The number of aromatic nitrogens is 1. The maximum absolute atomic E-state index is 13.0. The first-order valence-electron chi connectivity index (χ1n) is 12.0. The summed E-state index contributed by atoms with van der Waals surface area (Å²) in [7, 11) is 3.50. The van der Waals surface area contributed by atoms with Crippen LogP contribution in [-0.4, -0.2) is 74.4 Å². The van der Waals surface area contributed by atoms with Crippen molar-refractivity contribution in [1.29, 1.82) is 0 Å². The summed E-state index contributed by atoms with van der Waals surface area (Å²) in [5, 5.41) is 0. The first-order chi connectivity index (χ1) is 17.6. The number of hydrogen-bond acceptors (Lipinski definition) is 8. The van der Waals surface area contributed by atoms with E-state index in [0.717, 1.165) is 36.8 Å². The fraction of sp³-hybridized carbons (Fsp3) is 0.333. The van der Waals surface area contributed by atoms with Gasteiger partial charge < -0.3 is 28.7 Å². The van der Waals surface area contributed by atoms with Crippen molar-refractivity contribution in [2.24, 2.45) is 0 Å². The van der Waals surface area contributed by atoms with Crippen molar-refractivity contribution in [3.8, 4) is 28.9 Å². The van der Waals surface area contributed by atoms with Crippen LogP contribution in [0.2, 0.25) is 0 Å². The van der Waals surface area contributed by atoms with Gasteiger partial charge in [0.05, 0.1) is 13.7 Å². The molecule has 9 nitrogen and oxygen atoms in total. The van der Waals surface area contributed by atoms with Crippen molar-refractivity contribution in [3.63, 3.8) is 0 Å². The van der Waals surface area contributed by atoms with Crippen molar-refractivity contribution in [3.05, 3.63) is 66.4 Å². The summed E-state index contributed by atoms with van der Waals surface area (Å²) < 4.78 is 22.2. The molecule has 0 spiro atoms. The van der Waals surface area contributed by atoms with Gasteiger partial charge in [-0.05, 0) is 35.9 Å². The molecule has 0 saturated carbocycles. The van der Waals surface area contributed by atoms with Gasteiger partial charge in [0.2, 0.25) is 18.6 Å². The molecule has 0 bridgehead atoms. The number of carbonyl (C=O) groups excluding carboxylic acids is 1. The van der Waals surface area contributed by atoms with E-state index < -0.39 is 0 Å². The fourth-order valence-electron chi connectivity index (χ4n) is 4.35. The summed E-state index contributed by atoms with van der Waals surface area (Å²) in [6.07, 6.45) is 1.67. The van der Waals surface area contributed by atoms with Crippen molar-refractivity contribution in [2.75, 3.05) is 58.6 Å². The molecule has 2 aromatic carbocycles. The Hall–Kier alpha value is -3.98. The minimum absolute atomic E-state index is 0.105. The van der Waals surface area contributed by atoms with Gasteiger partial charge in [-0.25, -0.2) is 4.98 Å². The molecule has 1 saturated heterocycles. The lowest BCUT2D eigenvalue weighted by molar-refractivity contribution is -0.131. The number of piperazine rings is 1. The van der Waals surface area contributed by atoms with E-state index in [1.165, 1.54) is 5.56 Å². The van der Waals surface area contributed by atoms with E-state index in [1.54, 1.807) is 19.4 Å². The van der Waals surface area contributed by atoms with Crippen LogP contribution in [0.4, 0.5) is 5.69 Å². The largest absolute Gasteiger partial charge is 0.493 e. The molecule has 0 atom stereocenters. The highest BCUT2D eigenvalue weighted by molar-refractivity contribution is 5.81. The van der Waals surface area contributed by atoms with E-state index in [-0.39, 0.29) is 19.2 Å². The lowest BCUT2D eigenvalue weighted by atomic mass is 10.1. The number of methoxy groups -OCH3 is 1. The Kier molecular flexibility index (Phi) is 7.08. The Morgan fingerprint density at radius 1 is 1.00 bits per heavy atom. The number of fused-ring (bicyclic) bond motifs is 1. The molecule has 3 heterocycles. The molecular formula is C27H30N4O5. The first-order valence-corrected chi connectivity index (χ1v) is 12.0. The molecule has 36 heavy (non-hydrogen) atoms. The Labute approximate surface area is 210 Å². The van der Waals surface area contributed by atoms with Gasteiger partial charge >= 0.3 is 0 Å². The minimum atomic E-state index is 0.105. The Morgan fingerprint density at radius 3 is 2.61 bits per heavy atom. The maximum Gasteiger partial charge on any atom is 0.242 e. The van der Waals surface area contributed by atoms with Crippen molar-refractivity contribution >= 4 is 11.6 Å². The van der Waals surface area contributed by atoms with Crippen LogP contribution in [0.1, 0.15) is 5.56 Å². The normalized spacial score (nSPS) is 15.0. The molecule has 2 aliphatic heterocycles. The number of anilines is 1. The zero-order valence-corrected chi connectivity index (χ0v) is 20.6. The molecule has 1 aromatic heterocycles. The summed E-state index contributed by atoms with van der Waals surface area (Å²) in [6, 6.07) is 17.2. The number of benzene rings is 2. The van der Waals surface area contributed by atoms with Crippen molar-refractivity contribution in [1.82, 2.24) is 14.8 Å². The second kappa shape index (κ2) is 10.7. The van der Waals surface area contributed by atoms with Crippen molar-refractivity contribution in [2.45, 2.75) is 6.54 Å². The number of nitrogens with zero attached hydrogens (tertiary/aromatic N) is 4. The molecule has 9 heteroatoms. The molecule has 0 radical (unpaired) electrons. The number of amides is 1. The van der Waals surface area contributed by atoms with Crippen LogP contribution in [0.3, 0.4) is 0 Å². The van der Waals surface area contributed by atoms with Gasteiger partial charge in [0.25, 0.3) is 0 Å². The lowest BCUT2D eigenvalue weighted by Crippen LogP contribution is -2.50. The van der Waals surface area contributed by atoms with Gasteiger partial charge in [-0.3, -0.25) is 9.69 Å². The molecule has 2 aliphatic rings. The third-order valence-electron chi connectivity index (χ3n) is 6.38. The number of likely N-dealkylation sites (N-methyl/N-ethyl adjacent to an activating group) is 1. The highest BCUT2D eigenvalue weighted by atomic mass is 16.7. The Bertz CT molecular complexity index is 1200. The number of pyridine rings is 1. The molecule has 0 unspecified atom stereocenters. The van der Waals surface area contributed by atoms with E-state index in [1.807, 2.05) is 59.3 Å². The van der Waals surface area contributed by atoms with Crippen LogP contribution in [0.15, 0.2) is 60.8 Å². The number of carbonyl (C=O) groups is 1. The van der Waals surface area contributed by atoms with Crippen LogP contribution < -0.4 is 23.8 Å². The summed E-state index contributed by atoms with van der Waals surface area (Å²) in [5.41, 5.74) is 2.05. The fourth-order valence-corrected chi connectivity index (χ4v) is 4.35. The monoisotopic (exact) mass is 490 g/mol. The molecule has 1 amide bonds. The summed E-state index contributed by atoms with van der Waals surface area (Å²) in [4.78, 5) is 23.4. The molecule has 5 rings (SSSR count). The third-order valence-corrected chi connectivity index (χ3v) is 6.38. The van der Waals surface area contributed by atoms with Gasteiger partial charge in [-0.1, -0.05) is 12.1 Å². The molecule has 0 aliphatic carbocycles. The predicted molar refractivity (Wildman–Crippen MR) is 135 cm³/mol. The van der Waals surface area contributed by atoms with Gasteiger partial charge in [0.15, 0.2) is 23.0 Å². The molecule has 0 N–H and O–H groups in total. The smallest absolute Gasteiger partial charge is 0.242 e. The lowest BCUT2D eigenvalue weighted by Gasteiger charge is -2.35. The number of hydrogen-bond donors (Lipinski definition) is 0. The summed E-state index contributed by atoms with van der Waals surface area (Å²) >= 11 is 0. The average molecular weight is 491 g/mol. The zero-order valence-electron chi connectivity index (χ0n) is 20.6. The van der Waals surface area contributed by atoms with E-state index >= 15 is 0 Å². The van der Waals surface area contributed by atoms with Crippen LogP contribution in [0, 0.1) is 0 Å². The second-order valence-electron chi connectivity index (χ2n) is 8.81. The third kappa shape index (κ3) is 5.46. The van der Waals surface area contributed by atoms with Crippen molar-refractivity contribution < 1.29 is 23.7 Å². The maximum atomic E-state index is 13.0. The zero-order chi connectivity index (χ0) is 24.9. The van der Waals surface area contributed by atoms with E-state index in [0.29, 0.717) is 30.5 Å². The molecule has 188 valence electrons. The minimum Gasteiger partial charge on any atom is -0.493 e. The number of ether oxygens (including phenoxy) is 4. The van der Waals surface area contributed by atoms with Crippen LogP contribution in [0.5, 0.6) is 28.9 Å². The summed E-state index contributed by atoms with van der Waals surface area (Å²) in [6.45, 7) is 4.46. The Morgan fingerprint density at radius 2 is 1.83 bits per heavy atom. The van der Waals surface area contributed by atoms with E-state index in [9.17, 15) is 4.79 Å². The second-order valence-corrected chi connectivity index (χ2v) is 8.81. The van der Waals surface area contributed by atoms with E-state index in [2.05, 4.69) is 16.0 Å². The standard InChI is InChI=1S/C27H30N4O5/c1-29(21-7-9-23(24(16-21)33-2)36-26-5-3-4-10-28-26)18-27(32)31-13-11-30(12-14-31)17-20-6-8-22-25(15-20)35-19-34-22/h3-10,15-16H,11-14,17-19H2,1-2H3. The molecule has 1 fully saturated rings. The number of rotatable bonds is 8. The predicted octanol–water partition coefficient (Wildman–Crippen LogP) is 3.39. The SMILES string of the molecule is COc1cc(N(C)CC(=O)N2CCN(Cc3ccc4c(c3)OCO4)CC2)ccc1Oc1ccccn1.